The van der Waals surface area contributed by atoms with E-state index in [0.717, 1.165) is 27.4 Å². The van der Waals surface area contributed by atoms with E-state index in [2.05, 4.69) is 42.2 Å². The first-order chi connectivity index (χ1) is 11.3. The molecular weight excluding hydrogens is 332 g/mol. The lowest BCUT2D eigenvalue weighted by Crippen LogP contribution is -2.27. The van der Waals surface area contributed by atoms with Gasteiger partial charge in [0.1, 0.15) is 14.6 Å². The van der Waals surface area contributed by atoms with Crippen molar-refractivity contribution in [3.05, 3.63) is 51.7 Å². The average molecular weight is 353 g/mol. The van der Waals surface area contributed by atoms with Gasteiger partial charge < -0.3 is 4.90 Å². The highest BCUT2D eigenvalue weighted by molar-refractivity contribution is 7.12. The molecule has 1 aromatic carbocycles. The molecule has 0 aliphatic carbocycles. The van der Waals surface area contributed by atoms with Crippen LogP contribution in [0.5, 0.6) is 0 Å². The number of likely N-dealkylation sites (N-methyl/N-ethyl adjacent to an activating group) is 1. The number of carbonyl (C=O) groups is 1. The Morgan fingerprint density at radius 2 is 2.04 bits per heavy atom. The van der Waals surface area contributed by atoms with Crippen LogP contribution in [0.2, 0.25) is 19.6 Å². The van der Waals surface area contributed by atoms with Crippen LogP contribution in [-0.2, 0) is 4.79 Å². The van der Waals surface area contributed by atoms with E-state index in [0.29, 0.717) is 0 Å². The molecule has 1 aromatic heterocycles. The highest BCUT2D eigenvalue weighted by Crippen LogP contribution is 2.28. The fourth-order valence-corrected chi connectivity index (χ4v) is 3.72. The van der Waals surface area contributed by atoms with Crippen molar-refractivity contribution in [2.24, 2.45) is 4.99 Å². The summed E-state index contributed by atoms with van der Waals surface area (Å²) in [4.78, 5) is 19.6. The van der Waals surface area contributed by atoms with Crippen molar-refractivity contribution in [1.29, 1.82) is 0 Å². The summed E-state index contributed by atoms with van der Waals surface area (Å²) >= 11 is 1.64. The third-order valence-corrected chi connectivity index (χ3v) is 5.45. The van der Waals surface area contributed by atoms with Gasteiger partial charge in [0, 0.05) is 18.2 Å². The number of benzene rings is 1. The second-order valence-electron chi connectivity index (χ2n) is 6.83. The van der Waals surface area contributed by atoms with Gasteiger partial charge in [-0.1, -0.05) is 31.6 Å². The van der Waals surface area contributed by atoms with E-state index < -0.39 is 8.07 Å². The first-order valence-corrected chi connectivity index (χ1v) is 12.3. The summed E-state index contributed by atoms with van der Waals surface area (Å²) in [6, 6.07) is 10.1. The van der Waals surface area contributed by atoms with Gasteiger partial charge in [0.2, 0.25) is 5.91 Å². The predicted octanol–water partition coefficient (Wildman–Crippen LogP) is 3.79. The Labute approximate surface area is 148 Å². The largest absolute Gasteiger partial charge is 0.313 e. The molecule has 0 radical (unpaired) electrons. The van der Waals surface area contributed by atoms with Crippen molar-refractivity contribution in [1.82, 2.24) is 0 Å². The molecule has 2 heterocycles. The van der Waals surface area contributed by atoms with Crippen LogP contribution in [0.3, 0.4) is 0 Å². The Morgan fingerprint density at radius 1 is 1.25 bits per heavy atom. The van der Waals surface area contributed by atoms with Gasteiger partial charge in [0.05, 0.1) is 16.3 Å². The van der Waals surface area contributed by atoms with Crippen LogP contribution >= 0.6 is 11.3 Å². The molecule has 0 bridgehead atoms. The van der Waals surface area contributed by atoms with Gasteiger partial charge in [-0.25, -0.2) is 0 Å². The molecule has 1 aliphatic rings. The quantitative estimate of drug-likeness (QED) is 0.568. The van der Waals surface area contributed by atoms with Gasteiger partial charge in [-0.3, -0.25) is 9.79 Å². The molecule has 2 aromatic rings. The Balaban J connectivity index is 2.15. The Bertz CT molecular complexity index is 867. The molecule has 24 heavy (non-hydrogen) atoms. The molecule has 0 spiro atoms. The topological polar surface area (TPSA) is 32.7 Å². The number of carbonyl (C=O) groups excluding carboxylic acids is 1. The van der Waals surface area contributed by atoms with E-state index in [9.17, 15) is 4.79 Å². The SMILES string of the molecule is CN1C(=O)CN=C(c2cccs2)c2cc(C#C[Si](C)(C)C)ccc21. The number of anilines is 1. The summed E-state index contributed by atoms with van der Waals surface area (Å²) in [7, 11) is 0.373. The van der Waals surface area contributed by atoms with E-state index in [-0.39, 0.29) is 12.5 Å². The number of nitrogens with zero attached hydrogens (tertiary/aromatic N) is 2. The predicted molar refractivity (Wildman–Crippen MR) is 105 cm³/mol. The van der Waals surface area contributed by atoms with E-state index >= 15 is 0 Å². The maximum absolute atomic E-state index is 12.2. The number of hydrogen-bond donors (Lipinski definition) is 0. The summed E-state index contributed by atoms with van der Waals surface area (Å²) in [6.07, 6.45) is 0. The van der Waals surface area contributed by atoms with Crippen LogP contribution in [-0.4, -0.2) is 33.3 Å². The highest BCUT2D eigenvalue weighted by atomic mass is 32.1. The molecule has 1 aliphatic heterocycles. The van der Waals surface area contributed by atoms with Crippen molar-refractivity contribution >= 4 is 36.7 Å². The molecule has 0 atom stereocenters. The number of benzodiazepines with no additional fused rings is 1. The summed E-state index contributed by atoms with van der Waals surface area (Å²) in [6.45, 7) is 6.87. The molecule has 0 unspecified atom stereocenters. The number of aliphatic imine (C=N–C) groups is 1. The first-order valence-electron chi connectivity index (χ1n) is 7.88. The van der Waals surface area contributed by atoms with Crippen LogP contribution in [0.1, 0.15) is 16.0 Å². The Kier molecular flexibility index (Phi) is 4.44. The maximum atomic E-state index is 12.2. The monoisotopic (exact) mass is 352 g/mol. The van der Waals surface area contributed by atoms with Crippen molar-refractivity contribution < 1.29 is 4.79 Å². The number of rotatable bonds is 1. The molecule has 3 rings (SSSR count). The van der Waals surface area contributed by atoms with Crippen LogP contribution in [0.25, 0.3) is 0 Å². The lowest BCUT2D eigenvalue weighted by atomic mass is 10.0. The molecule has 0 saturated heterocycles. The zero-order chi connectivity index (χ0) is 17.3. The standard InChI is InChI=1S/C19H20N2OSSi/c1-21-16-8-7-14(9-11-24(2,3)4)12-15(16)19(20-13-18(21)22)17-6-5-10-23-17/h5-8,10,12H,13H2,1-4H3. The van der Waals surface area contributed by atoms with Gasteiger partial charge in [-0.2, -0.15) is 0 Å². The van der Waals surface area contributed by atoms with Crippen LogP contribution in [0.15, 0.2) is 40.7 Å². The fourth-order valence-electron chi connectivity index (χ4n) is 2.45. The summed E-state index contributed by atoms with van der Waals surface area (Å²) in [5.41, 5.74) is 7.13. The Morgan fingerprint density at radius 3 is 2.71 bits per heavy atom. The molecular formula is C19H20N2OSSi. The minimum atomic E-state index is -1.43. The molecule has 0 fully saturated rings. The minimum absolute atomic E-state index is 0.00346. The van der Waals surface area contributed by atoms with Gasteiger partial charge in [0.25, 0.3) is 0 Å². The normalized spacial score (nSPS) is 14.4. The molecule has 0 saturated carbocycles. The second kappa shape index (κ2) is 6.38. The third-order valence-electron chi connectivity index (χ3n) is 3.70. The molecule has 3 nitrogen and oxygen atoms in total. The molecule has 122 valence electrons. The van der Waals surface area contributed by atoms with Crippen molar-refractivity contribution in [3.63, 3.8) is 0 Å². The minimum Gasteiger partial charge on any atom is -0.313 e. The van der Waals surface area contributed by atoms with E-state index in [1.54, 1.807) is 16.2 Å². The number of thiophene rings is 1. The van der Waals surface area contributed by atoms with Crippen LogP contribution < -0.4 is 4.90 Å². The van der Waals surface area contributed by atoms with Gasteiger partial charge in [-0.15, -0.1) is 16.9 Å². The van der Waals surface area contributed by atoms with Crippen LogP contribution in [0, 0.1) is 11.5 Å². The van der Waals surface area contributed by atoms with E-state index in [4.69, 9.17) is 0 Å². The summed E-state index contributed by atoms with van der Waals surface area (Å²) in [5.74, 6) is 3.31. The van der Waals surface area contributed by atoms with Crippen LogP contribution in [0.4, 0.5) is 5.69 Å². The lowest BCUT2D eigenvalue weighted by molar-refractivity contribution is -0.116. The Hall–Kier alpha value is -2.16. The summed E-state index contributed by atoms with van der Waals surface area (Å²) in [5, 5.41) is 2.03. The number of fused-ring (bicyclic) bond motifs is 1. The van der Waals surface area contributed by atoms with E-state index in [1.807, 2.05) is 36.7 Å². The molecule has 5 heteroatoms. The average Bonchev–Trinajstić information content (AvgIpc) is 3.02. The first kappa shape index (κ1) is 16.7. The highest BCUT2D eigenvalue weighted by Gasteiger charge is 2.23. The van der Waals surface area contributed by atoms with Gasteiger partial charge in [0.15, 0.2) is 0 Å². The number of hydrogen-bond acceptors (Lipinski definition) is 3. The van der Waals surface area contributed by atoms with Crippen molar-refractivity contribution in [2.75, 3.05) is 18.5 Å². The zero-order valence-corrected chi connectivity index (χ0v) is 16.2. The second-order valence-corrected chi connectivity index (χ2v) is 12.5. The van der Waals surface area contributed by atoms with Gasteiger partial charge in [-0.05, 0) is 29.6 Å². The fraction of sp³-hybridized carbons (Fsp3) is 0.263. The van der Waals surface area contributed by atoms with Crippen molar-refractivity contribution in [2.45, 2.75) is 19.6 Å². The zero-order valence-electron chi connectivity index (χ0n) is 14.4. The number of amides is 1. The van der Waals surface area contributed by atoms with Gasteiger partial charge >= 0.3 is 0 Å². The molecule has 1 amide bonds. The van der Waals surface area contributed by atoms with Crippen molar-refractivity contribution in [3.8, 4) is 11.5 Å². The lowest BCUT2D eigenvalue weighted by Gasteiger charge is -2.18. The third kappa shape index (κ3) is 3.50. The smallest absolute Gasteiger partial charge is 0.248 e. The maximum Gasteiger partial charge on any atom is 0.248 e. The molecule has 0 N–H and O–H groups in total. The summed E-state index contributed by atoms with van der Waals surface area (Å²) < 4.78 is 0. The van der Waals surface area contributed by atoms with E-state index in [1.165, 1.54) is 0 Å².